The maximum absolute atomic E-state index is 4.01. The molecule has 2 aromatic heterocycles. The molecule has 0 amide bonds. The molecule has 14 heavy (non-hydrogen) atoms. The molecule has 2 aromatic rings. The second-order valence-corrected chi connectivity index (χ2v) is 3.41. The predicted octanol–water partition coefficient (Wildman–Crippen LogP) is 1.78. The molecule has 0 bridgehead atoms. The lowest BCUT2D eigenvalue weighted by Crippen LogP contribution is -1.89. The topological polar surface area (TPSA) is 51.6 Å². The van der Waals surface area contributed by atoms with Crippen LogP contribution in [0.4, 0.5) is 0 Å². The highest BCUT2D eigenvalue weighted by Gasteiger charge is 2.06. The summed E-state index contributed by atoms with van der Waals surface area (Å²) < 4.78 is 0. The van der Waals surface area contributed by atoms with Crippen molar-refractivity contribution in [1.82, 2.24) is 20.2 Å². The Morgan fingerprint density at radius 1 is 1.36 bits per heavy atom. The molecule has 0 saturated heterocycles. The highest BCUT2D eigenvalue weighted by atomic mass is 32.1. The van der Waals surface area contributed by atoms with E-state index in [1.807, 2.05) is 13.0 Å². The molecule has 2 heterocycles. The summed E-state index contributed by atoms with van der Waals surface area (Å²) in [6.45, 7) is 1.96. The fourth-order valence-electron chi connectivity index (χ4n) is 1.14. The van der Waals surface area contributed by atoms with E-state index in [4.69, 9.17) is 0 Å². The molecular weight excluding hydrogens is 196 g/mol. The van der Waals surface area contributed by atoms with Crippen LogP contribution >= 0.6 is 11.3 Å². The maximum Gasteiger partial charge on any atom is 0.147 e. The second-order valence-electron chi connectivity index (χ2n) is 2.57. The average Bonchev–Trinajstić information content (AvgIpc) is 2.74. The van der Waals surface area contributed by atoms with E-state index in [0.29, 0.717) is 0 Å². The first-order chi connectivity index (χ1) is 6.92. The van der Waals surface area contributed by atoms with Crippen LogP contribution < -0.4 is 0 Å². The molecule has 2 rings (SSSR count). The van der Waals surface area contributed by atoms with Crippen molar-refractivity contribution in [3.63, 3.8) is 0 Å². The minimum absolute atomic E-state index is 0.891. The van der Waals surface area contributed by atoms with Crippen LogP contribution in [-0.4, -0.2) is 20.2 Å². The van der Waals surface area contributed by atoms with E-state index >= 15 is 0 Å². The fraction of sp³-hybridized carbons (Fsp3) is 0.111. The van der Waals surface area contributed by atoms with Crippen LogP contribution in [0.1, 0.15) is 17.5 Å². The standard InChI is InChI=1S/C9H8N4S/c1-2-8(9-13-12-6-14-9)7-3-10-5-11-4-7/h2-6H,1H3/b8-2+. The molecule has 0 aliphatic heterocycles. The van der Waals surface area contributed by atoms with Gasteiger partial charge in [0.05, 0.1) is 0 Å². The van der Waals surface area contributed by atoms with Crippen molar-refractivity contribution in [2.75, 3.05) is 0 Å². The predicted molar refractivity (Wildman–Crippen MR) is 54.7 cm³/mol. The SMILES string of the molecule is C/C=C(\c1cncnc1)c1nncs1. The normalized spacial score (nSPS) is 11.6. The van der Waals surface area contributed by atoms with E-state index in [2.05, 4.69) is 20.2 Å². The van der Waals surface area contributed by atoms with Gasteiger partial charge in [0.2, 0.25) is 0 Å². The Labute approximate surface area is 85.4 Å². The zero-order valence-corrected chi connectivity index (χ0v) is 8.40. The largest absolute Gasteiger partial charge is 0.244 e. The Morgan fingerprint density at radius 2 is 2.14 bits per heavy atom. The highest BCUT2D eigenvalue weighted by molar-refractivity contribution is 7.10. The average molecular weight is 204 g/mol. The molecule has 0 N–H and O–H groups in total. The third kappa shape index (κ3) is 1.67. The molecule has 0 saturated carbocycles. The summed E-state index contributed by atoms with van der Waals surface area (Å²) in [6, 6.07) is 0. The van der Waals surface area contributed by atoms with Crippen molar-refractivity contribution in [2.24, 2.45) is 0 Å². The van der Waals surface area contributed by atoms with Gasteiger partial charge in [0, 0.05) is 23.5 Å². The molecular formula is C9H8N4S. The summed E-state index contributed by atoms with van der Waals surface area (Å²) in [5, 5.41) is 8.70. The van der Waals surface area contributed by atoms with E-state index in [9.17, 15) is 0 Å². The third-order valence-corrected chi connectivity index (χ3v) is 2.48. The lowest BCUT2D eigenvalue weighted by molar-refractivity contribution is 1.07. The Morgan fingerprint density at radius 3 is 2.71 bits per heavy atom. The van der Waals surface area contributed by atoms with Crippen molar-refractivity contribution in [3.05, 3.63) is 40.9 Å². The molecule has 0 unspecified atom stereocenters. The van der Waals surface area contributed by atoms with Crippen molar-refractivity contribution in [2.45, 2.75) is 6.92 Å². The van der Waals surface area contributed by atoms with Gasteiger partial charge in [-0.2, -0.15) is 0 Å². The number of nitrogens with zero attached hydrogens (tertiary/aromatic N) is 4. The number of rotatable bonds is 2. The van der Waals surface area contributed by atoms with Gasteiger partial charge in [0.15, 0.2) is 0 Å². The van der Waals surface area contributed by atoms with Crippen LogP contribution in [0.3, 0.4) is 0 Å². The molecule has 0 aliphatic carbocycles. The van der Waals surface area contributed by atoms with Gasteiger partial charge in [-0.3, -0.25) is 0 Å². The Bertz CT molecular complexity index is 421. The van der Waals surface area contributed by atoms with Crippen molar-refractivity contribution >= 4 is 16.9 Å². The lowest BCUT2D eigenvalue weighted by Gasteiger charge is -2.00. The van der Waals surface area contributed by atoms with Crippen LogP contribution in [0.5, 0.6) is 0 Å². The smallest absolute Gasteiger partial charge is 0.147 e. The summed E-state index contributed by atoms with van der Waals surface area (Å²) in [5.74, 6) is 0. The van der Waals surface area contributed by atoms with Crippen LogP contribution in [0.2, 0.25) is 0 Å². The summed E-state index contributed by atoms with van der Waals surface area (Å²) in [7, 11) is 0. The number of aromatic nitrogens is 4. The van der Waals surface area contributed by atoms with Gasteiger partial charge in [-0.05, 0) is 6.92 Å². The second kappa shape index (κ2) is 4.06. The number of hydrogen-bond donors (Lipinski definition) is 0. The van der Waals surface area contributed by atoms with Crippen LogP contribution in [0.25, 0.3) is 5.57 Å². The van der Waals surface area contributed by atoms with Gasteiger partial charge >= 0.3 is 0 Å². The fourth-order valence-corrected chi connectivity index (χ4v) is 1.79. The van der Waals surface area contributed by atoms with E-state index in [1.165, 1.54) is 17.7 Å². The first kappa shape index (κ1) is 8.96. The summed E-state index contributed by atoms with van der Waals surface area (Å²) in [4.78, 5) is 7.94. The minimum Gasteiger partial charge on any atom is -0.244 e. The van der Waals surface area contributed by atoms with Crippen molar-refractivity contribution < 1.29 is 0 Å². The molecule has 0 atom stereocenters. The van der Waals surface area contributed by atoms with Gasteiger partial charge < -0.3 is 0 Å². The van der Waals surface area contributed by atoms with Crippen molar-refractivity contribution in [1.29, 1.82) is 0 Å². The summed E-state index contributed by atoms with van der Waals surface area (Å²) in [5.41, 5.74) is 3.70. The van der Waals surface area contributed by atoms with E-state index in [0.717, 1.165) is 16.1 Å². The molecule has 4 nitrogen and oxygen atoms in total. The third-order valence-electron chi connectivity index (χ3n) is 1.75. The molecule has 0 aliphatic rings. The molecule has 0 radical (unpaired) electrons. The minimum atomic E-state index is 0.891. The quantitative estimate of drug-likeness (QED) is 0.748. The molecule has 5 heteroatoms. The monoisotopic (exact) mass is 204 g/mol. The van der Waals surface area contributed by atoms with E-state index in [-0.39, 0.29) is 0 Å². The molecule has 70 valence electrons. The van der Waals surface area contributed by atoms with E-state index < -0.39 is 0 Å². The lowest BCUT2D eigenvalue weighted by atomic mass is 10.1. The molecule has 0 spiro atoms. The highest BCUT2D eigenvalue weighted by Crippen LogP contribution is 2.22. The summed E-state index contributed by atoms with van der Waals surface area (Å²) in [6.07, 6.45) is 7.03. The van der Waals surface area contributed by atoms with Gasteiger partial charge in [-0.1, -0.05) is 17.4 Å². The van der Waals surface area contributed by atoms with E-state index in [1.54, 1.807) is 17.9 Å². The maximum atomic E-state index is 4.01. The van der Waals surface area contributed by atoms with Crippen molar-refractivity contribution in [3.8, 4) is 0 Å². The zero-order valence-electron chi connectivity index (χ0n) is 7.58. The Balaban J connectivity index is 2.43. The van der Waals surface area contributed by atoms with Crippen LogP contribution in [0.15, 0.2) is 30.3 Å². The zero-order chi connectivity index (χ0) is 9.80. The van der Waals surface area contributed by atoms with Crippen LogP contribution in [0, 0.1) is 0 Å². The summed E-state index contributed by atoms with van der Waals surface area (Å²) >= 11 is 1.50. The van der Waals surface area contributed by atoms with Gasteiger partial charge in [-0.25, -0.2) is 9.97 Å². The first-order valence-electron chi connectivity index (χ1n) is 4.10. The van der Waals surface area contributed by atoms with Gasteiger partial charge in [0.1, 0.15) is 16.8 Å². The van der Waals surface area contributed by atoms with Crippen LogP contribution in [-0.2, 0) is 0 Å². The molecule has 0 aromatic carbocycles. The number of allylic oxidation sites excluding steroid dienone is 1. The number of hydrogen-bond acceptors (Lipinski definition) is 5. The van der Waals surface area contributed by atoms with Gasteiger partial charge in [-0.15, -0.1) is 10.2 Å². The first-order valence-corrected chi connectivity index (χ1v) is 4.98. The Kier molecular flexibility index (Phi) is 2.60. The molecule has 0 fully saturated rings. The Hall–Kier alpha value is -1.62. The van der Waals surface area contributed by atoms with Gasteiger partial charge in [0.25, 0.3) is 0 Å².